The van der Waals surface area contributed by atoms with E-state index in [1.54, 1.807) is 0 Å². The second-order valence-corrected chi connectivity index (χ2v) is 5.47. The van der Waals surface area contributed by atoms with E-state index in [2.05, 4.69) is 10.1 Å². The van der Waals surface area contributed by atoms with Crippen LogP contribution in [0.25, 0.3) is 0 Å². The van der Waals surface area contributed by atoms with Crippen molar-refractivity contribution >= 4 is 23.2 Å². The molecule has 2 amide bonds. The van der Waals surface area contributed by atoms with Crippen LogP contribution < -0.4 is 15.4 Å². The SMILES string of the molecule is CC(=O)Nc1ccc(NC(=O)c2ccc(OC(F)(F)F)cc2)c(C(F)(F)F)c1. The number of carbonyl (C=O) groups excluding carboxylic acids is 2. The molecule has 2 aromatic rings. The minimum atomic E-state index is -4.92. The number of nitrogens with one attached hydrogen (secondary N) is 2. The highest BCUT2D eigenvalue weighted by Crippen LogP contribution is 2.37. The van der Waals surface area contributed by atoms with Gasteiger partial charge in [-0.3, -0.25) is 9.59 Å². The quantitative estimate of drug-likeness (QED) is 0.716. The van der Waals surface area contributed by atoms with Gasteiger partial charge < -0.3 is 15.4 Å². The van der Waals surface area contributed by atoms with E-state index in [9.17, 15) is 35.9 Å². The van der Waals surface area contributed by atoms with Gasteiger partial charge in [0, 0.05) is 18.2 Å². The molecule has 2 aromatic carbocycles. The maximum atomic E-state index is 13.2. The van der Waals surface area contributed by atoms with Gasteiger partial charge >= 0.3 is 12.5 Å². The first-order valence-corrected chi connectivity index (χ1v) is 7.51. The van der Waals surface area contributed by atoms with Crippen molar-refractivity contribution in [2.75, 3.05) is 10.6 Å². The van der Waals surface area contributed by atoms with Crippen molar-refractivity contribution in [2.24, 2.45) is 0 Å². The van der Waals surface area contributed by atoms with E-state index >= 15 is 0 Å². The molecule has 0 bridgehead atoms. The van der Waals surface area contributed by atoms with Crippen LogP contribution in [0.15, 0.2) is 42.5 Å². The van der Waals surface area contributed by atoms with Gasteiger partial charge in [-0.25, -0.2) is 0 Å². The van der Waals surface area contributed by atoms with Crippen LogP contribution in [-0.4, -0.2) is 18.2 Å². The van der Waals surface area contributed by atoms with Gasteiger partial charge in [-0.05, 0) is 42.5 Å². The Morgan fingerprint density at radius 3 is 2.00 bits per heavy atom. The monoisotopic (exact) mass is 406 g/mol. The number of carbonyl (C=O) groups is 2. The predicted molar refractivity (Wildman–Crippen MR) is 86.8 cm³/mol. The van der Waals surface area contributed by atoms with Crippen LogP contribution in [0.4, 0.5) is 37.7 Å². The van der Waals surface area contributed by atoms with Crippen LogP contribution in [0.1, 0.15) is 22.8 Å². The smallest absolute Gasteiger partial charge is 0.406 e. The third kappa shape index (κ3) is 5.89. The Morgan fingerprint density at radius 1 is 0.893 bits per heavy atom. The summed E-state index contributed by atoms with van der Waals surface area (Å²) in [6.45, 7) is 1.12. The highest BCUT2D eigenvalue weighted by molar-refractivity contribution is 6.05. The van der Waals surface area contributed by atoms with Crippen LogP contribution in [0, 0.1) is 0 Å². The Morgan fingerprint density at radius 2 is 1.50 bits per heavy atom. The van der Waals surface area contributed by atoms with Gasteiger partial charge in [0.05, 0.1) is 11.3 Å². The van der Waals surface area contributed by atoms with Crippen molar-refractivity contribution in [3.63, 3.8) is 0 Å². The first kappa shape index (κ1) is 21.1. The van der Waals surface area contributed by atoms with Crippen molar-refractivity contribution in [2.45, 2.75) is 19.5 Å². The topological polar surface area (TPSA) is 67.4 Å². The molecule has 0 heterocycles. The number of hydrogen-bond acceptors (Lipinski definition) is 3. The summed E-state index contributed by atoms with van der Waals surface area (Å²) in [5.41, 5.74) is -2.09. The van der Waals surface area contributed by atoms with E-state index in [-0.39, 0.29) is 11.3 Å². The fraction of sp³-hybridized carbons (Fsp3) is 0.176. The molecule has 0 aliphatic heterocycles. The molecule has 2 N–H and O–H groups in total. The van der Waals surface area contributed by atoms with Crippen LogP contribution in [0.3, 0.4) is 0 Å². The van der Waals surface area contributed by atoms with E-state index in [0.717, 1.165) is 43.3 Å². The molecule has 150 valence electrons. The van der Waals surface area contributed by atoms with E-state index in [1.807, 2.05) is 5.32 Å². The van der Waals surface area contributed by atoms with Gasteiger partial charge in [-0.15, -0.1) is 13.2 Å². The van der Waals surface area contributed by atoms with Gasteiger partial charge in [0.2, 0.25) is 5.91 Å². The molecule has 0 aliphatic carbocycles. The molecular weight excluding hydrogens is 394 g/mol. The minimum Gasteiger partial charge on any atom is -0.406 e. The van der Waals surface area contributed by atoms with E-state index in [4.69, 9.17) is 0 Å². The second-order valence-electron chi connectivity index (χ2n) is 5.47. The summed E-state index contributed by atoms with van der Waals surface area (Å²) in [7, 11) is 0. The molecule has 28 heavy (non-hydrogen) atoms. The summed E-state index contributed by atoms with van der Waals surface area (Å²) in [5.74, 6) is -2.14. The third-order valence-electron chi connectivity index (χ3n) is 3.24. The van der Waals surface area contributed by atoms with Gasteiger partial charge in [0.1, 0.15) is 5.75 Å². The molecule has 11 heteroatoms. The molecule has 0 radical (unpaired) electrons. The molecule has 5 nitrogen and oxygen atoms in total. The first-order valence-electron chi connectivity index (χ1n) is 7.51. The molecule has 0 saturated heterocycles. The molecule has 0 saturated carbocycles. The number of halogens is 6. The van der Waals surface area contributed by atoms with Crippen molar-refractivity contribution in [1.29, 1.82) is 0 Å². The normalized spacial score (nSPS) is 11.7. The summed E-state index contributed by atoms with van der Waals surface area (Å²) in [4.78, 5) is 23.1. The fourth-order valence-electron chi connectivity index (χ4n) is 2.17. The van der Waals surface area contributed by atoms with Gasteiger partial charge in [-0.1, -0.05) is 0 Å². The standard InChI is InChI=1S/C17H12F6N2O3/c1-9(26)24-11-4-7-14(13(8-11)16(18,19)20)25-15(27)10-2-5-12(6-3-10)28-17(21,22)23/h2-8H,1H3,(H,24,26)(H,25,27). The number of ether oxygens (including phenoxy) is 1. The number of hydrogen-bond donors (Lipinski definition) is 2. The van der Waals surface area contributed by atoms with Crippen LogP contribution in [0.2, 0.25) is 0 Å². The Labute approximate surface area is 154 Å². The average molecular weight is 406 g/mol. The Balaban J connectivity index is 2.24. The Kier molecular flexibility index (Phi) is 5.86. The lowest BCUT2D eigenvalue weighted by molar-refractivity contribution is -0.274. The average Bonchev–Trinajstić information content (AvgIpc) is 2.54. The maximum absolute atomic E-state index is 13.2. The van der Waals surface area contributed by atoms with Crippen molar-refractivity contribution in [3.8, 4) is 5.75 Å². The molecule has 0 atom stereocenters. The number of benzene rings is 2. The van der Waals surface area contributed by atoms with Crippen LogP contribution in [0.5, 0.6) is 5.75 Å². The first-order chi connectivity index (χ1) is 12.8. The van der Waals surface area contributed by atoms with Gasteiger partial charge in [0.25, 0.3) is 5.91 Å². The van der Waals surface area contributed by atoms with Crippen molar-refractivity contribution in [1.82, 2.24) is 0 Å². The highest BCUT2D eigenvalue weighted by atomic mass is 19.4. The summed E-state index contributed by atoms with van der Waals surface area (Å²) >= 11 is 0. The maximum Gasteiger partial charge on any atom is 0.573 e. The molecule has 0 aromatic heterocycles. The zero-order valence-corrected chi connectivity index (χ0v) is 14.0. The highest BCUT2D eigenvalue weighted by Gasteiger charge is 2.34. The van der Waals surface area contributed by atoms with E-state index in [0.29, 0.717) is 6.07 Å². The zero-order valence-electron chi connectivity index (χ0n) is 14.0. The zero-order chi connectivity index (χ0) is 21.1. The summed E-state index contributed by atoms with van der Waals surface area (Å²) in [6, 6.07) is 6.40. The largest absolute Gasteiger partial charge is 0.573 e. The third-order valence-corrected chi connectivity index (χ3v) is 3.24. The molecule has 0 unspecified atom stereocenters. The molecule has 0 aliphatic rings. The summed E-state index contributed by atoms with van der Waals surface area (Å²) in [6.07, 6.45) is -9.75. The van der Waals surface area contributed by atoms with Crippen molar-refractivity contribution < 1.29 is 40.7 Å². The Hall–Kier alpha value is -3.24. The summed E-state index contributed by atoms with van der Waals surface area (Å²) < 4.78 is 79.7. The lowest BCUT2D eigenvalue weighted by Crippen LogP contribution is -2.18. The van der Waals surface area contributed by atoms with E-state index < -0.39 is 41.4 Å². The number of alkyl halides is 6. The number of rotatable bonds is 4. The molecule has 2 rings (SSSR count). The fourth-order valence-corrected chi connectivity index (χ4v) is 2.17. The predicted octanol–water partition coefficient (Wildman–Crippen LogP) is 4.81. The molecule has 0 fully saturated rings. The lowest BCUT2D eigenvalue weighted by Gasteiger charge is -2.16. The van der Waals surface area contributed by atoms with Gasteiger partial charge in [-0.2, -0.15) is 13.2 Å². The second kappa shape index (κ2) is 7.79. The van der Waals surface area contributed by atoms with Crippen LogP contribution >= 0.6 is 0 Å². The van der Waals surface area contributed by atoms with Gasteiger partial charge in [0.15, 0.2) is 0 Å². The number of amides is 2. The molecular formula is C17H12F6N2O3. The minimum absolute atomic E-state index is 0.119. The Bertz CT molecular complexity index is 876. The number of anilines is 2. The van der Waals surface area contributed by atoms with Crippen molar-refractivity contribution in [3.05, 3.63) is 53.6 Å². The van der Waals surface area contributed by atoms with Crippen LogP contribution in [-0.2, 0) is 11.0 Å². The lowest BCUT2D eigenvalue weighted by atomic mass is 10.1. The molecule has 0 spiro atoms. The van der Waals surface area contributed by atoms with E-state index in [1.165, 1.54) is 0 Å². The summed E-state index contributed by atoms with van der Waals surface area (Å²) in [5, 5.41) is 4.24.